The summed E-state index contributed by atoms with van der Waals surface area (Å²) in [5.41, 5.74) is 6.99. The molecule has 1 aliphatic heterocycles. The van der Waals surface area contributed by atoms with Gasteiger partial charge in [-0.3, -0.25) is 0 Å². The molecule has 2 aromatic rings. The van der Waals surface area contributed by atoms with Gasteiger partial charge in [0.15, 0.2) is 5.82 Å². The Bertz CT molecular complexity index is 942. The number of aromatic amines is 1. The van der Waals surface area contributed by atoms with Crippen LogP contribution in [-0.4, -0.2) is 20.7 Å². The molecule has 0 aliphatic carbocycles. The number of benzene rings is 1. The molecule has 0 fully saturated rings. The summed E-state index contributed by atoms with van der Waals surface area (Å²) in [5, 5.41) is 5.87. The second kappa shape index (κ2) is 7.57. The van der Waals surface area contributed by atoms with Gasteiger partial charge in [-0.2, -0.15) is 5.10 Å². The third kappa shape index (κ3) is 3.40. The van der Waals surface area contributed by atoms with E-state index in [0.29, 0.717) is 0 Å². The first-order valence-electron chi connectivity index (χ1n) is 8.64. The van der Waals surface area contributed by atoms with E-state index in [1.165, 1.54) is 17.3 Å². The van der Waals surface area contributed by atoms with Crippen molar-refractivity contribution in [2.75, 3.05) is 5.73 Å². The van der Waals surface area contributed by atoms with E-state index in [2.05, 4.69) is 35.5 Å². The first-order chi connectivity index (χ1) is 13.0. The van der Waals surface area contributed by atoms with Crippen molar-refractivity contribution >= 4 is 17.0 Å². The van der Waals surface area contributed by atoms with Gasteiger partial charge in [-0.1, -0.05) is 20.4 Å². The lowest BCUT2D eigenvalue weighted by Gasteiger charge is -2.26. The van der Waals surface area contributed by atoms with Crippen molar-refractivity contribution in [1.29, 1.82) is 0 Å². The summed E-state index contributed by atoms with van der Waals surface area (Å²) in [4.78, 5) is 7.47. The summed E-state index contributed by atoms with van der Waals surface area (Å²) in [6.07, 6.45) is 9.13. The van der Waals surface area contributed by atoms with Crippen LogP contribution in [0, 0.1) is 17.6 Å². The molecule has 0 amide bonds. The average Bonchev–Trinajstić information content (AvgIpc) is 3.20. The molecule has 0 saturated heterocycles. The Kier molecular flexibility index (Phi) is 5.21. The van der Waals surface area contributed by atoms with Gasteiger partial charge in [0.05, 0.1) is 22.7 Å². The number of anilines is 1. The lowest BCUT2D eigenvalue weighted by molar-refractivity contribution is 0.504. The second-order valence-electron chi connectivity index (χ2n) is 6.22. The summed E-state index contributed by atoms with van der Waals surface area (Å²) in [7, 11) is 0. The van der Waals surface area contributed by atoms with Crippen molar-refractivity contribution in [3.63, 3.8) is 0 Å². The molecule has 3 N–H and O–H groups in total. The van der Waals surface area contributed by atoms with Crippen LogP contribution < -0.4 is 5.73 Å². The largest absolute Gasteiger partial charge is 0.396 e. The maximum absolute atomic E-state index is 14.4. The van der Waals surface area contributed by atoms with Crippen LogP contribution >= 0.6 is 0 Å². The summed E-state index contributed by atoms with van der Waals surface area (Å²) < 4.78 is 28.6. The Balaban J connectivity index is 2.14. The topological polar surface area (TPSA) is 70.3 Å². The summed E-state index contributed by atoms with van der Waals surface area (Å²) >= 11 is 0. The van der Waals surface area contributed by atoms with E-state index in [1.54, 1.807) is 24.5 Å². The number of aromatic nitrogens is 2. The standard InChI is InChI=1S/C20H21F2N5/c1-4-12(3)17(20-24-10-11-25-20)16-9-8-15(26-27(16)5-2)18-13(21)6-7-14(23)19(18)22/h5-12H,2,4,23H2,1,3H3,(H,24,25)/b17-16+. The van der Waals surface area contributed by atoms with Gasteiger partial charge in [0, 0.05) is 24.2 Å². The third-order valence-corrected chi connectivity index (χ3v) is 4.55. The van der Waals surface area contributed by atoms with E-state index in [-0.39, 0.29) is 22.9 Å². The fourth-order valence-electron chi connectivity index (χ4n) is 2.95. The molecule has 0 saturated carbocycles. The van der Waals surface area contributed by atoms with E-state index in [4.69, 9.17) is 5.73 Å². The SMILES string of the molecule is C=CN1N=C(c2c(F)ccc(N)c2F)C=C/C1=C(\c1ncc[nH]1)C(C)CC. The number of nitrogens with zero attached hydrogens (tertiary/aromatic N) is 3. The molecule has 7 heteroatoms. The van der Waals surface area contributed by atoms with Crippen molar-refractivity contribution in [3.8, 4) is 0 Å². The fraction of sp³-hybridized carbons (Fsp3) is 0.200. The quantitative estimate of drug-likeness (QED) is 0.765. The number of nitrogens with two attached hydrogens (primary N) is 1. The monoisotopic (exact) mass is 369 g/mol. The molecule has 0 bridgehead atoms. The molecular weight excluding hydrogens is 348 g/mol. The lowest BCUT2D eigenvalue weighted by Crippen LogP contribution is -2.21. The minimum atomic E-state index is -0.831. The van der Waals surface area contributed by atoms with Crippen molar-refractivity contribution < 1.29 is 8.78 Å². The number of nitrogens with one attached hydrogen (secondary N) is 1. The molecule has 1 atom stereocenters. The maximum Gasteiger partial charge on any atom is 0.158 e. The van der Waals surface area contributed by atoms with Crippen LogP contribution in [0.4, 0.5) is 14.5 Å². The molecule has 0 radical (unpaired) electrons. The molecule has 0 spiro atoms. The molecule has 3 rings (SSSR count). The highest BCUT2D eigenvalue weighted by Gasteiger charge is 2.24. The summed E-state index contributed by atoms with van der Waals surface area (Å²) in [6, 6.07) is 2.32. The molecule has 140 valence electrons. The summed E-state index contributed by atoms with van der Waals surface area (Å²) in [6.45, 7) is 7.94. The normalized spacial score (nSPS) is 16.9. The number of nitrogen functional groups attached to an aromatic ring is 1. The number of hydrazone groups is 1. The van der Waals surface area contributed by atoms with Crippen LogP contribution in [-0.2, 0) is 0 Å². The Hall–Kier alpha value is -3.22. The van der Waals surface area contributed by atoms with Crippen molar-refractivity contribution in [3.05, 3.63) is 78.2 Å². The molecule has 1 unspecified atom stereocenters. The van der Waals surface area contributed by atoms with Gasteiger partial charge in [-0.05, 0) is 36.6 Å². The zero-order valence-corrected chi connectivity index (χ0v) is 15.2. The fourth-order valence-corrected chi connectivity index (χ4v) is 2.95. The number of hydrogen-bond acceptors (Lipinski definition) is 4. The van der Waals surface area contributed by atoms with Crippen LogP contribution in [0.2, 0.25) is 0 Å². The highest BCUT2D eigenvalue weighted by atomic mass is 19.1. The molecule has 27 heavy (non-hydrogen) atoms. The van der Waals surface area contributed by atoms with Crippen LogP contribution in [0.25, 0.3) is 5.57 Å². The van der Waals surface area contributed by atoms with Gasteiger partial charge in [-0.15, -0.1) is 0 Å². The first-order valence-corrected chi connectivity index (χ1v) is 8.64. The zero-order chi connectivity index (χ0) is 19.6. The molecular formula is C20H21F2N5. The molecule has 1 aromatic carbocycles. The van der Waals surface area contributed by atoms with E-state index in [1.807, 2.05) is 0 Å². The van der Waals surface area contributed by atoms with E-state index in [0.717, 1.165) is 29.6 Å². The van der Waals surface area contributed by atoms with Gasteiger partial charge >= 0.3 is 0 Å². The average molecular weight is 369 g/mol. The molecule has 1 aliphatic rings. The van der Waals surface area contributed by atoms with Crippen LogP contribution in [0.1, 0.15) is 31.7 Å². The highest BCUT2D eigenvalue weighted by Crippen LogP contribution is 2.32. The predicted octanol–water partition coefficient (Wildman–Crippen LogP) is 4.45. The van der Waals surface area contributed by atoms with Crippen molar-refractivity contribution in [2.45, 2.75) is 20.3 Å². The Labute approximate surface area is 156 Å². The molecule has 1 aromatic heterocycles. The number of halogens is 2. The van der Waals surface area contributed by atoms with Gasteiger partial charge in [0.1, 0.15) is 11.6 Å². The zero-order valence-electron chi connectivity index (χ0n) is 15.2. The van der Waals surface area contributed by atoms with E-state index in [9.17, 15) is 8.78 Å². The van der Waals surface area contributed by atoms with Gasteiger partial charge < -0.3 is 10.7 Å². The number of H-pyrrole nitrogens is 1. The minimum Gasteiger partial charge on any atom is -0.396 e. The smallest absolute Gasteiger partial charge is 0.158 e. The highest BCUT2D eigenvalue weighted by molar-refractivity contribution is 6.10. The van der Waals surface area contributed by atoms with E-state index < -0.39 is 11.6 Å². The van der Waals surface area contributed by atoms with E-state index >= 15 is 0 Å². The number of rotatable bonds is 5. The van der Waals surface area contributed by atoms with Crippen LogP contribution in [0.3, 0.4) is 0 Å². The first kappa shape index (κ1) is 18.6. The maximum atomic E-state index is 14.4. The van der Waals surface area contributed by atoms with Crippen LogP contribution in [0.5, 0.6) is 0 Å². The minimum absolute atomic E-state index is 0.129. The van der Waals surface area contributed by atoms with Gasteiger partial charge in [-0.25, -0.2) is 18.8 Å². The predicted molar refractivity (Wildman–Crippen MR) is 103 cm³/mol. The Morgan fingerprint density at radius 1 is 1.37 bits per heavy atom. The van der Waals surface area contributed by atoms with Crippen molar-refractivity contribution in [2.24, 2.45) is 11.0 Å². The lowest BCUT2D eigenvalue weighted by atomic mass is 9.94. The molecule has 2 heterocycles. The van der Waals surface area contributed by atoms with Crippen LogP contribution in [0.15, 0.2) is 60.3 Å². The summed E-state index contributed by atoms with van der Waals surface area (Å²) in [5.74, 6) is -0.663. The second-order valence-corrected chi connectivity index (χ2v) is 6.22. The molecule has 5 nitrogen and oxygen atoms in total. The number of hydrogen-bond donors (Lipinski definition) is 2. The third-order valence-electron chi connectivity index (χ3n) is 4.55. The Morgan fingerprint density at radius 3 is 2.78 bits per heavy atom. The number of imidazole rings is 1. The number of allylic oxidation sites excluding steroid dienone is 3. The Morgan fingerprint density at radius 2 is 2.15 bits per heavy atom. The van der Waals surface area contributed by atoms with Gasteiger partial charge in [0.2, 0.25) is 0 Å². The van der Waals surface area contributed by atoms with Gasteiger partial charge in [0.25, 0.3) is 0 Å². The van der Waals surface area contributed by atoms with Crippen molar-refractivity contribution in [1.82, 2.24) is 15.0 Å².